The van der Waals surface area contributed by atoms with Gasteiger partial charge in [-0.15, -0.1) is 124 Å². The van der Waals surface area contributed by atoms with Gasteiger partial charge in [-0.25, -0.2) is 0 Å². The molecule has 2 atom stereocenters. The van der Waals surface area contributed by atoms with E-state index in [-0.39, 0.29) is 136 Å². The number of unbranched alkanes of at least 4 members (excludes halogenated alkanes) is 7. The van der Waals surface area contributed by atoms with E-state index in [2.05, 4.69) is 67.0 Å². The van der Waals surface area contributed by atoms with Crippen LogP contribution in [0.4, 0.5) is 0 Å². The van der Waals surface area contributed by atoms with Crippen LogP contribution in [0.5, 0.6) is 0 Å². The van der Waals surface area contributed by atoms with Gasteiger partial charge in [-0.3, -0.25) is 0 Å². The van der Waals surface area contributed by atoms with Crippen molar-refractivity contribution in [1.29, 1.82) is 0 Å². The minimum atomic E-state index is -0.236. The van der Waals surface area contributed by atoms with Crippen LogP contribution >= 0.6 is 124 Å². The predicted molar refractivity (Wildman–Crippen MR) is 298 cm³/mol. The second-order valence-electron chi connectivity index (χ2n) is 14.5. The summed E-state index contributed by atoms with van der Waals surface area (Å²) in [6.45, 7) is 24.7. The van der Waals surface area contributed by atoms with Gasteiger partial charge >= 0.3 is 0 Å². The fourth-order valence-corrected chi connectivity index (χ4v) is 5.88. The minimum Gasteiger partial charge on any atom is -0.392 e. The molecule has 0 aromatic heterocycles. The number of hydrogen-bond acceptors (Lipinski definition) is 12. The van der Waals surface area contributed by atoms with Crippen molar-refractivity contribution in [2.24, 2.45) is 0 Å². The summed E-state index contributed by atoms with van der Waals surface area (Å²) in [6, 6.07) is 0. The lowest BCUT2D eigenvalue weighted by Gasteiger charge is -2.11. The molecule has 0 aromatic carbocycles. The first-order chi connectivity index (χ1) is 25.7. The lowest BCUT2D eigenvalue weighted by molar-refractivity contribution is 0.161. The molecule has 0 aliphatic heterocycles. The zero-order valence-corrected chi connectivity index (χ0v) is 46.8. The zero-order valence-electron chi connectivity index (χ0n) is 38.6. The Morgan fingerprint density at radius 2 is 0.419 bits per heavy atom. The first-order valence-electron chi connectivity index (χ1n) is 22.1. The maximum atomic E-state index is 9.80. The van der Waals surface area contributed by atoms with Crippen molar-refractivity contribution >= 4 is 124 Å². The van der Waals surface area contributed by atoms with Crippen LogP contribution < -0.4 is 53.2 Å². The molecule has 0 rings (SSSR count). The molecule has 12 nitrogen and oxygen atoms in total. The third-order valence-electron chi connectivity index (χ3n) is 9.27. The molecule has 0 aliphatic carbocycles. The van der Waals surface area contributed by atoms with Crippen molar-refractivity contribution in [3.05, 3.63) is 0 Å². The van der Waals surface area contributed by atoms with E-state index in [0.29, 0.717) is 13.1 Å². The third-order valence-corrected chi connectivity index (χ3v) is 9.27. The first-order valence-corrected chi connectivity index (χ1v) is 22.1. The molecule has 0 aromatic rings. The highest BCUT2D eigenvalue weighted by atomic mass is 35.5. The Hall–Kier alpha value is 2.42. The molecule has 2 unspecified atom stereocenters. The Bertz CT molecular complexity index is 629. The van der Waals surface area contributed by atoms with Crippen LogP contribution in [-0.2, 0) is 0 Å². The van der Waals surface area contributed by atoms with Crippen molar-refractivity contribution in [3.63, 3.8) is 0 Å². The van der Waals surface area contributed by atoms with E-state index in [1.807, 2.05) is 0 Å². The van der Waals surface area contributed by atoms with Gasteiger partial charge in [0.1, 0.15) is 0 Å². The molecule has 0 radical (unpaired) electrons. The Kier molecular flexibility index (Phi) is 122. The van der Waals surface area contributed by atoms with E-state index < -0.39 is 0 Å². The lowest BCUT2D eigenvalue weighted by Crippen LogP contribution is -2.30. The van der Waals surface area contributed by atoms with Crippen LogP contribution in [0.3, 0.4) is 0 Å². The number of likely N-dealkylation sites (N-methyl/N-ethyl adjacent to an activating group) is 2. The standard InChI is InChI=1S/C40H92N10O2.10ClH/c1-3-41-37-39(51)19-35-49-31-16-14-28-45-26-11-10-25-44-24-9-8-23-43-21-6-5-7-22-47-33-18-34-48-30-13-12-27-46-29-15-17-32-50-36-20-40(52)38-42-4-2;;;;;;;;;;/h39-52H,3-38H2,1-2H3;10*1H. The van der Waals surface area contributed by atoms with Gasteiger partial charge in [-0.05, 0) is 214 Å². The van der Waals surface area contributed by atoms with Gasteiger partial charge in [0.05, 0.1) is 12.2 Å². The van der Waals surface area contributed by atoms with Crippen molar-refractivity contribution in [1.82, 2.24) is 53.2 Å². The Labute approximate surface area is 444 Å². The normalized spacial score (nSPS) is 10.8. The average Bonchev–Trinajstić information content (AvgIpc) is 3.15. The zero-order chi connectivity index (χ0) is 37.7. The topological polar surface area (TPSA) is 161 Å². The number of rotatable bonds is 47. The van der Waals surface area contributed by atoms with Crippen LogP contribution in [0.2, 0.25) is 0 Å². The van der Waals surface area contributed by atoms with Gasteiger partial charge in [0.25, 0.3) is 0 Å². The van der Waals surface area contributed by atoms with Gasteiger partial charge in [0.2, 0.25) is 0 Å². The van der Waals surface area contributed by atoms with Crippen molar-refractivity contribution in [2.75, 3.05) is 131 Å². The quantitative estimate of drug-likeness (QED) is 0.0318. The smallest absolute Gasteiger partial charge is 0.0676 e. The molecule has 394 valence electrons. The maximum absolute atomic E-state index is 9.80. The minimum absolute atomic E-state index is 0. The van der Waals surface area contributed by atoms with E-state index in [9.17, 15) is 10.2 Å². The number of aliphatic hydroxyl groups is 2. The summed E-state index contributed by atoms with van der Waals surface area (Å²) in [6.07, 6.45) is 18.5. The highest BCUT2D eigenvalue weighted by Crippen LogP contribution is 1.95. The van der Waals surface area contributed by atoms with Crippen molar-refractivity contribution in [2.45, 2.75) is 129 Å². The molecule has 0 fully saturated rings. The molecule has 22 heteroatoms. The van der Waals surface area contributed by atoms with Crippen LogP contribution in [-0.4, -0.2) is 153 Å². The molecule has 12 N–H and O–H groups in total. The molecule has 0 aliphatic rings. The second kappa shape index (κ2) is 83.4. The number of halogens is 10. The maximum Gasteiger partial charge on any atom is 0.0676 e. The molecule has 0 spiro atoms. The Morgan fingerprint density at radius 3 is 0.629 bits per heavy atom. The van der Waals surface area contributed by atoms with Crippen molar-refractivity contribution < 1.29 is 10.2 Å². The average molecular weight is 1110 g/mol. The van der Waals surface area contributed by atoms with Gasteiger partial charge in [-0.1, -0.05) is 20.3 Å². The second-order valence-corrected chi connectivity index (χ2v) is 14.5. The van der Waals surface area contributed by atoms with Gasteiger partial charge in [0.15, 0.2) is 0 Å². The van der Waals surface area contributed by atoms with E-state index in [1.165, 1.54) is 89.9 Å². The van der Waals surface area contributed by atoms with E-state index in [1.54, 1.807) is 0 Å². The summed E-state index contributed by atoms with van der Waals surface area (Å²) in [4.78, 5) is 0. The van der Waals surface area contributed by atoms with Crippen LogP contribution in [0.15, 0.2) is 0 Å². The third kappa shape index (κ3) is 82.5. The summed E-state index contributed by atoms with van der Waals surface area (Å²) < 4.78 is 0. The SMILES string of the molecule is CCNCC(O)CCNCCCCNCCCCNCCCCNCCCCCNCCCNCCCCNCCCCNCCC(O)CNCC.Cl.Cl.Cl.Cl.Cl.Cl.Cl.Cl.Cl.Cl. The van der Waals surface area contributed by atoms with Gasteiger partial charge in [-0.2, -0.15) is 0 Å². The van der Waals surface area contributed by atoms with Crippen molar-refractivity contribution in [3.8, 4) is 0 Å². The first kappa shape index (κ1) is 90.8. The van der Waals surface area contributed by atoms with E-state index >= 15 is 0 Å². The summed E-state index contributed by atoms with van der Waals surface area (Å²) in [7, 11) is 0. The monoisotopic (exact) mass is 1100 g/mol. The van der Waals surface area contributed by atoms with Gasteiger partial charge < -0.3 is 63.4 Å². The largest absolute Gasteiger partial charge is 0.392 e. The Balaban J connectivity index is -0.000000289. The number of hydrogen-bond donors (Lipinski definition) is 12. The van der Waals surface area contributed by atoms with Gasteiger partial charge in [0, 0.05) is 13.1 Å². The summed E-state index contributed by atoms with van der Waals surface area (Å²) in [5.74, 6) is 0. The summed E-state index contributed by atoms with van der Waals surface area (Å²) >= 11 is 0. The summed E-state index contributed by atoms with van der Waals surface area (Å²) in [5, 5.41) is 54.4. The van der Waals surface area contributed by atoms with Crippen LogP contribution in [0.1, 0.15) is 117 Å². The molecule has 0 saturated heterocycles. The van der Waals surface area contributed by atoms with Crippen LogP contribution in [0, 0.1) is 0 Å². The fourth-order valence-electron chi connectivity index (χ4n) is 5.88. The number of nitrogens with one attached hydrogen (secondary N) is 10. The molecular weight excluding hydrogens is 1010 g/mol. The predicted octanol–water partition coefficient (Wildman–Crippen LogP) is 6.10. The van der Waals surface area contributed by atoms with E-state index in [0.717, 1.165) is 131 Å². The molecular formula is C40H102Cl10N10O2. The molecule has 0 amide bonds. The highest BCUT2D eigenvalue weighted by Gasteiger charge is 2.03. The molecule has 0 heterocycles. The molecule has 62 heavy (non-hydrogen) atoms. The molecule has 0 saturated carbocycles. The van der Waals surface area contributed by atoms with Crippen LogP contribution in [0.25, 0.3) is 0 Å². The lowest BCUT2D eigenvalue weighted by atomic mass is 10.2. The Morgan fingerprint density at radius 1 is 0.242 bits per heavy atom. The fraction of sp³-hybridized carbons (Fsp3) is 1.00. The van der Waals surface area contributed by atoms with E-state index in [4.69, 9.17) is 0 Å². The number of aliphatic hydroxyl groups excluding tert-OH is 2. The summed E-state index contributed by atoms with van der Waals surface area (Å²) in [5.41, 5.74) is 0. The highest BCUT2D eigenvalue weighted by molar-refractivity contribution is 5.86. The molecule has 0 bridgehead atoms.